The molecule has 0 saturated carbocycles. The zero-order valence-corrected chi connectivity index (χ0v) is 8.70. The summed E-state index contributed by atoms with van der Waals surface area (Å²) in [6, 6.07) is 0.424. The van der Waals surface area contributed by atoms with E-state index in [1.807, 2.05) is 19.2 Å². The van der Waals surface area contributed by atoms with E-state index in [0.717, 1.165) is 5.84 Å². The lowest BCUT2D eigenvalue weighted by atomic mass is 10.3. The molecule has 13 heavy (non-hydrogen) atoms. The average Bonchev–Trinajstić information content (AvgIpc) is 2.11. The molecule has 0 rings (SSSR count). The highest BCUT2D eigenvalue weighted by atomic mass is 15.2. The van der Waals surface area contributed by atoms with Crippen LogP contribution < -0.4 is 0 Å². The third-order valence-corrected chi connectivity index (χ3v) is 1.74. The highest BCUT2D eigenvalue weighted by Crippen LogP contribution is 1.98. The van der Waals surface area contributed by atoms with Crippen molar-refractivity contribution < 1.29 is 0 Å². The van der Waals surface area contributed by atoms with Crippen LogP contribution in [-0.4, -0.2) is 23.8 Å². The quantitative estimate of drug-likeness (QED) is 0.367. The van der Waals surface area contributed by atoms with Gasteiger partial charge >= 0.3 is 0 Å². The normalized spacial score (nSPS) is 12.2. The van der Waals surface area contributed by atoms with E-state index in [1.165, 1.54) is 0 Å². The van der Waals surface area contributed by atoms with E-state index >= 15 is 0 Å². The smallest absolute Gasteiger partial charge is 0.128 e. The van der Waals surface area contributed by atoms with Gasteiger partial charge in [0, 0.05) is 19.3 Å². The van der Waals surface area contributed by atoms with Crippen molar-refractivity contribution in [2.45, 2.75) is 19.9 Å². The van der Waals surface area contributed by atoms with Gasteiger partial charge in [-0.05, 0) is 19.9 Å². The van der Waals surface area contributed by atoms with Crippen molar-refractivity contribution in [2.75, 3.05) is 7.05 Å². The lowest BCUT2D eigenvalue weighted by molar-refractivity contribution is 0.419. The van der Waals surface area contributed by atoms with E-state index in [9.17, 15) is 0 Å². The van der Waals surface area contributed by atoms with Crippen LogP contribution in [0.5, 0.6) is 0 Å². The Morgan fingerprint density at radius 1 is 1.38 bits per heavy atom. The van der Waals surface area contributed by atoms with Crippen LogP contribution in [0.2, 0.25) is 0 Å². The lowest BCUT2D eigenvalue weighted by Gasteiger charge is -2.22. The van der Waals surface area contributed by atoms with Gasteiger partial charge in [0.1, 0.15) is 5.84 Å². The summed E-state index contributed by atoms with van der Waals surface area (Å²) in [5.74, 6) is 0.893. The minimum Gasteiger partial charge on any atom is -0.357 e. The zero-order chi connectivity index (χ0) is 10.3. The van der Waals surface area contributed by atoms with E-state index in [-0.39, 0.29) is 0 Å². The molecule has 2 nitrogen and oxygen atoms in total. The Morgan fingerprint density at radius 2 is 2.00 bits per heavy atom. The van der Waals surface area contributed by atoms with Crippen LogP contribution in [0.4, 0.5) is 0 Å². The molecule has 0 amide bonds. The number of aliphatic imine (C=N–C) groups is 1. The first-order valence-electron chi connectivity index (χ1n) is 4.34. The van der Waals surface area contributed by atoms with Gasteiger partial charge in [-0.1, -0.05) is 25.3 Å². The van der Waals surface area contributed by atoms with Gasteiger partial charge in [0.05, 0.1) is 0 Å². The first-order chi connectivity index (χ1) is 6.13. The number of nitrogens with zero attached hydrogens (tertiary/aromatic N) is 2. The van der Waals surface area contributed by atoms with Gasteiger partial charge in [-0.25, -0.2) is 4.99 Å². The van der Waals surface area contributed by atoms with Crippen LogP contribution in [-0.2, 0) is 0 Å². The van der Waals surface area contributed by atoms with E-state index in [2.05, 4.69) is 36.9 Å². The second-order valence-electron chi connectivity index (χ2n) is 2.97. The molecule has 0 radical (unpaired) electrons. The number of amidine groups is 1. The van der Waals surface area contributed by atoms with E-state index < -0.39 is 0 Å². The summed E-state index contributed by atoms with van der Waals surface area (Å²) < 4.78 is 0. The number of rotatable bonds is 4. The van der Waals surface area contributed by atoms with E-state index in [4.69, 9.17) is 0 Å². The Morgan fingerprint density at radius 3 is 2.38 bits per heavy atom. The monoisotopic (exact) mass is 178 g/mol. The Balaban J connectivity index is 4.60. The van der Waals surface area contributed by atoms with Crippen LogP contribution in [0.25, 0.3) is 0 Å². The van der Waals surface area contributed by atoms with Crippen LogP contribution in [0.1, 0.15) is 13.8 Å². The number of likely N-dealkylation sites (N-methyl/N-ethyl adjacent to an activating group) is 1. The molecule has 0 aliphatic carbocycles. The maximum Gasteiger partial charge on any atom is 0.128 e. The number of hydrogen-bond acceptors (Lipinski definition) is 1. The molecule has 0 fully saturated rings. The zero-order valence-electron chi connectivity index (χ0n) is 8.70. The van der Waals surface area contributed by atoms with Gasteiger partial charge in [0.15, 0.2) is 0 Å². The number of hydrogen-bond donors (Lipinski definition) is 0. The molecule has 0 unspecified atom stereocenters. The molecule has 0 aromatic heterocycles. The molecule has 0 N–H and O–H groups in total. The largest absolute Gasteiger partial charge is 0.357 e. The maximum atomic E-state index is 4.15. The predicted octanol–water partition coefficient (Wildman–Crippen LogP) is 2.61. The average molecular weight is 178 g/mol. The van der Waals surface area contributed by atoms with Crippen molar-refractivity contribution in [1.82, 2.24) is 4.90 Å². The minimum absolute atomic E-state index is 0.424. The number of allylic oxidation sites excluding steroid dienone is 2. The van der Waals surface area contributed by atoms with Crippen molar-refractivity contribution in [1.29, 1.82) is 0 Å². The molecule has 0 spiro atoms. The summed E-state index contributed by atoms with van der Waals surface area (Å²) in [5, 5.41) is 0. The molecule has 0 aliphatic rings. The van der Waals surface area contributed by atoms with Gasteiger partial charge in [-0.3, -0.25) is 0 Å². The highest BCUT2D eigenvalue weighted by molar-refractivity contribution is 5.93. The van der Waals surface area contributed by atoms with Crippen molar-refractivity contribution in [3.63, 3.8) is 0 Å². The molecule has 0 heterocycles. The Bertz CT molecular complexity index is 224. The summed E-state index contributed by atoms with van der Waals surface area (Å²) in [6.07, 6.45) is 7.05. The molecule has 0 aromatic rings. The second kappa shape index (κ2) is 6.23. The van der Waals surface area contributed by atoms with Gasteiger partial charge in [-0.15, -0.1) is 0 Å². The summed E-state index contributed by atoms with van der Waals surface area (Å²) in [4.78, 5) is 6.23. The van der Waals surface area contributed by atoms with Gasteiger partial charge in [0.25, 0.3) is 0 Å². The highest BCUT2D eigenvalue weighted by Gasteiger charge is 2.04. The Kier molecular flexibility index (Phi) is 5.60. The van der Waals surface area contributed by atoms with Gasteiger partial charge in [-0.2, -0.15) is 0 Å². The predicted molar refractivity (Wildman–Crippen MR) is 59.9 cm³/mol. The fourth-order valence-electron chi connectivity index (χ4n) is 0.764. The molecular formula is C11H18N2. The SMILES string of the molecule is C=C/C=C\C(=NC=C)N(C)C(C)C. The van der Waals surface area contributed by atoms with Crippen LogP contribution in [0.3, 0.4) is 0 Å². The summed E-state index contributed by atoms with van der Waals surface area (Å²) in [6.45, 7) is 11.4. The van der Waals surface area contributed by atoms with E-state index in [0.29, 0.717) is 6.04 Å². The first-order valence-corrected chi connectivity index (χ1v) is 4.34. The molecule has 0 atom stereocenters. The standard InChI is InChI=1S/C11H18N2/c1-6-8-9-11(12-7-2)13(5)10(3)4/h6-10H,1-2H2,3-5H3/b9-8-,12-11?. The topological polar surface area (TPSA) is 15.6 Å². The van der Waals surface area contributed by atoms with Crippen molar-refractivity contribution >= 4 is 5.84 Å². The molecule has 0 bridgehead atoms. The fourth-order valence-corrected chi connectivity index (χ4v) is 0.764. The van der Waals surface area contributed by atoms with E-state index in [1.54, 1.807) is 12.3 Å². The second-order valence-corrected chi connectivity index (χ2v) is 2.97. The summed E-state index contributed by atoms with van der Waals surface area (Å²) in [5.41, 5.74) is 0. The summed E-state index contributed by atoms with van der Waals surface area (Å²) in [7, 11) is 2.00. The van der Waals surface area contributed by atoms with Crippen LogP contribution >= 0.6 is 0 Å². The first kappa shape index (κ1) is 11.7. The minimum atomic E-state index is 0.424. The molecule has 2 heteroatoms. The third-order valence-electron chi connectivity index (χ3n) is 1.74. The Labute approximate surface area is 81.0 Å². The molecule has 0 aliphatic heterocycles. The van der Waals surface area contributed by atoms with Gasteiger partial charge in [0.2, 0.25) is 0 Å². The third kappa shape index (κ3) is 4.31. The maximum absolute atomic E-state index is 4.15. The summed E-state index contributed by atoms with van der Waals surface area (Å²) >= 11 is 0. The molecular weight excluding hydrogens is 160 g/mol. The van der Waals surface area contributed by atoms with Crippen LogP contribution in [0.15, 0.2) is 42.6 Å². The van der Waals surface area contributed by atoms with Crippen molar-refractivity contribution in [3.8, 4) is 0 Å². The Hall–Kier alpha value is -1.31. The fraction of sp³-hybridized carbons (Fsp3) is 0.364. The van der Waals surface area contributed by atoms with Gasteiger partial charge < -0.3 is 4.90 Å². The van der Waals surface area contributed by atoms with Crippen molar-refractivity contribution in [3.05, 3.63) is 37.6 Å². The van der Waals surface area contributed by atoms with Crippen molar-refractivity contribution in [2.24, 2.45) is 4.99 Å². The lowest BCUT2D eigenvalue weighted by Crippen LogP contribution is -2.31. The van der Waals surface area contributed by atoms with Crippen LogP contribution in [0, 0.1) is 0 Å². The molecule has 0 saturated heterocycles. The molecule has 72 valence electrons. The molecule has 0 aromatic carbocycles.